The number of carbonyl (C=O) groups excluding carboxylic acids is 2. The molecule has 3 heterocycles. The molecule has 1 spiro atoms. The largest absolute Gasteiger partial charge is 0.472 e. The van der Waals surface area contributed by atoms with Gasteiger partial charge in [0.2, 0.25) is 0 Å². The summed E-state index contributed by atoms with van der Waals surface area (Å²) in [6.07, 6.45) is -2.21. The number of Topliss-reactive ketones (excluding diaryl/α,β-unsaturated/α-hetero) is 1. The number of ether oxygens (including phenoxy) is 3. The highest BCUT2D eigenvalue weighted by molar-refractivity contribution is 5.91. The molecule has 0 amide bonds. The Morgan fingerprint density at radius 3 is 2.45 bits per heavy atom. The first kappa shape index (κ1) is 25.2. The molecule has 2 aliphatic heterocycles. The number of hydrogen-bond donors (Lipinski definition) is 4. The van der Waals surface area contributed by atoms with Crippen molar-refractivity contribution in [1.82, 2.24) is 0 Å². The smallest absolute Gasteiger partial charge is 0.302 e. The van der Waals surface area contributed by atoms with Gasteiger partial charge in [-0.05, 0) is 30.4 Å². The molecule has 14 atom stereocenters. The number of esters is 1. The molecule has 1 aromatic heterocycles. The average molecular weight is 533 g/mol. The van der Waals surface area contributed by atoms with Crippen molar-refractivity contribution in [3.05, 3.63) is 24.2 Å². The molecular weight excluding hydrogens is 496 g/mol. The maximum atomic E-state index is 14.5. The Morgan fingerprint density at radius 2 is 1.79 bits per heavy atom. The Morgan fingerprint density at radius 1 is 1.05 bits per heavy atom. The summed E-state index contributed by atoms with van der Waals surface area (Å²) in [4.78, 5) is 26.5. The number of fused-ring (bicyclic) bond motifs is 1. The van der Waals surface area contributed by atoms with Gasteiger partial charge in [-0.15, -0.1) is 0 Å². The Labute approximate surface area is 220 Å². The van der Waals surface area contributed by atoms with Crippen molar-refractivity contribution in [1.29, 1.82) is 0 Å². The van der Waals surface area contributed by atoms with E-state index in [4.69, 9.17) is 18.6 Å². The van der Waals surface area contributed by atoms with Crippen molar-refractivity contribution >= 4 is 11.8 Å². The Hall–Kier alpha value is -1.82. The van der Waals surface area contributed by atoms with E-state index in [1.165, 1.54) is 6.92 Å². The van der Waals surface area contributed by atoms with E-state index in [1.807, 2.05) is 19.9 Å². The van der Waals surface area contributed by atoms with Crippen LogP contribution in [0.3, 0.4) is 0 Å². The number of aliphatic hydroxyl groups excluding tert-OH is 4. The molecule has 4 saturated carbocycles. The van der Waals surface area contributed by atoms with E-state index in [0.29, 0.717) is 6.42 Å². The molecule has 14 unspecified atom stereocenters. The van der Waals surface area contributed by atoms with Crippen LogP contribution in [0.25, 0.3) is 0 Å². The van der Waals surface area contributed by atoms with E-state index in [0.717, 1.165) is 5.56 Å². The first-order valence-electron chi connectivity index (χ1n) is 13.6. The quantitative estimate of drug-likeness (QED) is 0.318. The fourth-order valence-corrected chi connectivity index (χ4v) is 10.7. The maximum absolute atomic E-state index is 14.5. The summed E-state index contributed by atoms with van der Waals surface area (Å²) in [5.41, 5.74) is -4.74. The van der Waals surface area contributed by atoms with Gasteiger partial charge in [0.05, 0.1) is 42.9 Å². The molecule has 4 N–H and O–H groups in total. The second-order valence-corrected chi connectivity index (χ2v) is 13.3. The van der Waals surface area contributed by atoms with Crippen LogP contribution in [0.1, 0.15) is 58.4 Å². The predicted octanol–water partition coefficient (Wildman–Crippen LogP) is 0.895. The van der Waals surface area contributed by atoms with Crippen LogP contribution in [0, 0.1) is 33.5 Å². The van der Waals surface area contributed by atoms with E-state index >= 15 is 0 Å². The van der Waals surface area contributed by atoms with E-state index in [2.05, 4.69) is 0 Å². The van der Waals surface area contributed by atoms with Crippen LogP contribution in [-0.2, 0) is 23.8 Å². The monoisotopic (exact) mass is 532 g/mol. The number of carbonyl (C=O) groups is 2. The van der Waals surface area contributed by atoms with E-state index in [9.17, 15) is 30.0 Å². The molecule has 38 heavy (non-hydrogen) atoms. The van der Waals surface area contributed by atoms with Crippen LogP contribution < -0.4 is 0 Å². The van der Waals surface area contributed by atoms with Crippen molar-refractivity contribution in [3.8, 4) is 0 Å². The number of ketones is 1. The fraction of sp³-hybridized carbons (Fsp3) is 0.786. The van der Waals surface area contributed by atoms with Crippen LogP contribution in [-0.4, -0.2) is 81.2 Å². The van der Waals surface area contributed by atoms with Gasteiger partial charge in [-0.3, -0.25) is 9.59 Å². The molecule has 10 heteroatoms. The van der Waals surface area contributed by atoms with Crippen molar-refractivity contribution in [2.75, 3.05) is 6.61 Å². The minimum atomic E-state index is -1.43. The van der Waals surface area contributed by atoms with Crippen LogP contribution >= 0.6 is 0 Å². The number of epoxide rings is 1. The second-order valence-electron chi connectivity index (χ2n) is 13.3. The third-order valence-electron chi connectivity index (χ3n) is 12.3. The lowest BCUT2D eigenvalue weighted by Gasteiger charge is -2.72. The summed E-state index contributed by atoms with van der Waals surface area (Å²) >= 11 is 0. The van der Waals surface area contributed by atoms with Crippen molar-refractivity contribution < 1.29 is 48.6 Å². The first-order chi connectivity index (χ1) is 17.8. The van der Waals surface area contributed by atoms with Gasteiger partial charge >= 0.3 is 5.97 Å². The zero-order valence-electron chi connectivity index (χ0n) is 22.0. The van der Waals surface area contributed by atoms with Crippen LogP contribution in [0.5, 0.6) is 0 Å². The lowest BCUT2D eigenvalue weighted by atomic mass is 9.33. The van der Waals surface area contributed by atoms with Crippen LogP contribution in [0.15, 0.2) is 23.0 Å². The molecule has 0 radical (unpaired) electrons. The summed E-state index contributed by atoms with van der Waals surface area (Å²) in [5.74, 6) is -2.88. The molecule has 7 rings (SSSR count). The summed E-state index contributed by atoms with van der Waals surface area (Å²) in [6.45, 7) is 6.61. The van der Waals surface area contributed by atoms with Gasteiger partial charge in [-0.2, -0.15) is 0 Å². The number of aliphatic hydroxyl groups is 4. The molecule has 6 aliphatic rings. The summed E-state index contributed by atoms with van der Waals surface area (Å²) < 4.78 is 23.3. The van der Waals surface area contributed by atoms with Gasteiger partial charge in [0.15, 0.2) is 12.1 Å². The summed E-state index contributed by atoms with van der Waals surface area (Å²) in [5, 5.41) is 46.8. The summed E-state index contributed by atoms with van der Waals surface area (Å²) in [7, 11) is 0. The lowest BCUT2D eigenvalue weighted by Crippen LogP contribution is -2.82. The molecule has 1 aromatic rings. The van der Waals surface area contributed by atoms with Gasteiger partial charge < -0.3 is 39.1 Å². The highest BCUT2D eigenvalue weighted by Crippen LogP contribution is 2.82. The normalized spacial score (nSPS) is 58.3. The summed E-state index contributed by atoms with van der Waals surface area (Å²) in [6, 6.07) is 1.84. The second kappa shape index (κ2) is 7.27. The topological polar surface area (TPSA) is 159 Å². The fourth-order valence-electron chi connectivity index (χ4n) is 10.7. The van der Waals surface area contributed by atoms with E-state index < -0.39 is 81.6 Å². The van der Waals surface area contributed by atoms with Gasteiger partial charge in [0, 0.05) is 41.4 Å². The first-order valence-corrected chi connectivity index (χ1v) is 13.6. The lowest BCUT2D eigenvalue weighted by molar-refractivity contribution is -0.373. The molecule has 10 nitrogen and oxygen atoms in total. The Balaban J connectivity index is 1.41. The standard InChI is InChI=1S/C28H36O10/c1-12(29)37-18-9-17(31)27-11-36-23(34)24(18,2)15(27)8-16(30)26(4)21(27)20(32)22(33)25(3)14(13-5-6-35-10-13)7-19-28(25,26)38-19/h5-6,10,14-19,21-23,30-31,33-34H,7-9,11H2,1-4H3. The number of hydrogen-bond acceptors (Lipinski definition) is 10. The third kappa shape index (κ3) is 2.36. The average Bonchev–Trinajstić information content (AvgIpc) is 3.22. The molecule has 2 bridgehead atoms. The Kier molecular flexibility index (Phi) is 4.82. The number of furan rings is 1. The zero-order chi connectivity index (χ0) is 27.2. The Bertz CT molecular complexity index is 1200. The molecule has 6 fully saturated rings. The molecule has 0 aromatic carbocycles. The molecule has 4 aliphatic carbocycles. The number of rotatable bonds is 2. The zero-order valence-corrected chi connectivity index (χ0v) is 22.0. The minimum absolute atomic E-state index is 0.00521. The maximum Gasteiger partial charge on any atom is 0.302 e. The van der Waals surface area contributed by atoms with Gasteiger partial charge in [-0.25, -0.2) is 0 Å². The third-order valence-corrected chi connectivity index (χ3v) is 12.3. The predicted molar refractivity (Wildman–Crippen MR) is 127 cm³/mol. The van der Waals surface area contributed by atoms with Crippen molar-refractivity contribution in [3.63, 3.8) is 0 Å². The molecule has 2 saturated heterocycles. The SMILES string of the molecule is CC(=O)OC1CC(O)C23COC(O)C1(C)C2CC(O)C1(C)C3C(=O)C(O)C2(C)C(c3ccoc3)CC3OC321. The molecule has 208 valence electrons. The van der Waals surface area contributed by atoms with Crippen LogP contribution in [0.4, 0.5) is 0 Å². The van der Waals surface area contributed by atoms with Gasteiger partial charge in [0.1, 0.15) is 17.8 Å². The highest BCUT2D eigenvalue weighted by atomic mass is 16.6. The van der Waals surface area contributed by atoms with Crippen molar-refractivity contribution in [2.45, 2.75) is 95.3 Å². The van der Waals surface area contributed by atoms with Crippen LogP contribution in [0.2, 0.25) is 0 Å². The van der Waals surface area contributed by atoms with Gasteiger partial charge in [0.25, 0.3) is 0 Å². The van der Waals surface area contributed by atoms with Gasteiger partial charge in [-0.1, -0.05) is 20.8 Å². The van der Waals surface area contributed by atoms with E-state index in [1.54, 1.807) is 19.5 Å². The highest BCUT2D eigenvalue weighted by Gasteiger charge is 2.92. The van der Waals surface area contributed by atoms with Crippen molar-refractivity contribution in [2.24, 2.45) is 33.5 Å². The molecular formula is C28H36O10. The minimum Gasteiger partial charge on any atom is -0.472 e. The van der Waals surface area contributed by atoms with E-state index in [-0.39, 0.29) is 31.5 Å².